The second-order valence-electron chi connectivity index (χ2n) is 8.79. The summed E-state index contributed by atoms with van der Waals surface area (Å²) in [4.78, 5) is 26.6. The van der Waals surface area contributed by atoms with E-state index in [0.29, 0.717) is 5.56 Å². The quantitative estimate of drug-likeness (QED) is 0.386. The van der Waals surface area contributed by atoms with E-state index in [1.165, 1.54) is 16.8 Å². The highest BCUT2D eigenvalue weighted by molar-refractivity contribution is 5.98. The lowest BCUT2D eigenvalue weighted by atomic mass is 10.0. The van der Waals surface area contributed by atoms with E-state index in [0.717, 1.165) is 37.2 Å². The van der Waals surface area contributed by atoms with Gasteiger partial charge in [-0.2, -0.15) is 5.10 Å². The number of aliphatic hydroxyl groups is 1. The first-order valence-electron chi connectivity index (χ1n) is 11.6. The Kier molecular flexibility index (Phi) is 7.73. The van der Waals surface area contributed by atoms with Crippen molar-refractivity contribution in [3.63, 3.8) is 0 Å². The highest BCUT2D eigenvalue weighted by atomic mass is 16.3. The van der Waals surface area contributed by atoms with Crippen molar-refractivity contribution >= 4 is 11.7 Å². The van der Waals surface area contributed by atoms with Crippen LogP contribution in [0.15, 0.2) is 54.7 Å². The molecule has 1 aliphatic rings. The summed E-state index contributed by atoms with van der Waals surface area (Å²) in [7, 11) is 0. The molecule has 8 nitrogen and oxygen atoms in total. The fraction of sp³-hybridized carbons (Fsp3) is 0.296. The first-order valence-corrected chi connectivity index (χ1v) is 11.6. The number of carbonyl (C=O) groups is 2. The number of nitrogens with one attached hydrogen (secondary N) is 2. The van der Waals surface area contributed by atoms with E-state index in [4.69, 9.17) is 10.8 Å². The smallest absolute Gasteiger partial charge is 0.251 e. The van der Waals surface area contributed by atoms with Crippen LogP contribution in [-0.2, 0) is 24.3 Å². The van der Waals surface area contributed by atoms with Gasteiger partial charge in [-0.1, -0.05) is 24.0 Å². The third-order valence-electron chi connectivity index (χ3n) is 6.05. The number of benzene rings is 2. The van der Waals surface area contributed by atoms with Gasteiger partial charge in [-0.25, -0.2) is 0 Å². The van der Waals surface area contributed by atoms with Crippen molar-refractivity contribution in [2.75, 3.05) is 13.2 Å². The second-order valence-corrected chi connectivity index (χ2v) is 8.79. The topological polar surface area (TPSA) is 124 Å². The van der Waals surface area contributed by atoms with Gasteiger partial charge in [-0.05, 0) is 48.9 Å². The van der Waals surface area contributed by atoms with Crippen LogP contribution in [0.1, 0.15) is 45.2 Å². The lowest BCUT2D eigenvalue weighted by Gasteiger charge is -2.26. The Morgan fingerprint density at radius 3 is 2.43 bits per heavy atom. The molecule has 1 amide bonds. The normalized spacial score (nSPS) is 14.8. The molecule has 3 aromatic rings. The van der Waals surface area contributed by atoms with Crippen LogP contribution >= 0.6 is 0 Å². The van der Waals surface area contributed by atoms with Crippen LogP contribution in [0.4, 0.5) is 0 Å². The number of nitrogens with zero attached hydrogens (tertiary/aromatic N) is 2. The number of hydrogen-bond acceptors (Lipinski definition) is 6. The number of amides is 1. The molecule has 180 valence electrons. The number of Topliss-reactive ketones (excluding diaryl/α,β-unsaturated/α-hetero) is 1. The molecule has 0 bridgehead atoms. The largest absolute Gasteiger partial charge is 0.388 e. The highest BCUT2D eigenvalue weighted by Gasteiger charge is 2.24. The van der Waals surface area contributed by atoms with Crippen LogP contribution in [-0.4, -0.2) is 57.1 Å². The molecule has 5 N–H and O–H groups in total. The first-order chi connectivity index (χ1) is 16.9. The third-order valence-corrected chi connectivity index (χ3v) is 6.05. The lowest BCUT2D eigenvalue weighted by Crippen LogP contribution is -2.52. The summed E-state index contributed by atoms with van der Waals surface area (Å²) >= 11 is 0. The van der Waals surface area contributed by atoms with E-state index >= 15 is 0 Å². The minimum Gasteiger partial charge on any atom is -0.388 e. The number of hydrogen-bond donors (Lipinski definition) is 4. The summed E-state index contributed by atoms with van der Waals surface area (Å²) in [5, 5.41) is 18.8. The van der Waals surface area contributed by atoms with E-state index < -0.39 is 30.4 Å². The molecule has 0 radical (unpaired) electrons. The summed E-state index contributed by atoms with van der Waals surface area (Å²) in [6.07, 6.45) is 2.90. The highest BCUT2D eigenvalue weighted by Crippen LogP contribution is 2.18. The fourth-order valence-electron chi connectivity index (χ4n) is 4.04. The number of rotatable bonds is 7. The zero-order valence-electron chi connectivity index (χ0n) is 19.6. The number of aromatic nitrogens is 2. The number of aromatic amines is 1. The summed E-state index contributed by atoms with van der Waals surface area (Å²) in [5.41, 5.74) is 11.6. The molecular formula is C27H29N5O3. The van der Waals surface area contributed by atoms with Crippen LogP contribution in [0.2, 0.25) is 0 Å². The first kappa shape index (κ1) is 24.4. The lowest BCUT2D eigenvalue weighted by molar-refractivity contribution is -0.123. The van der Waals surface area contributed by atoms with Crippen LogP contribution in [0, 0.1) is 11.8 Å². The van der Waals surface area contributed by atoms with Crippen molar-refractivity contribution in [3.05, 3.63) is 88.2 Å². The maximum atomic E-state index is 12.4. The Balaban J connectivity index is 1.33. The zero-order valence-corrected chi connectivity index (χ0v) is 19.6. The van der Waals surface area contributed by atoms with Gasteiger partial charge in [0.25, 0.3) is 5.91 Å². The number of carbonyl (C=O) groups excluding carboxylic acids is 2. The maximum absolute atomic E-state index is 12.4. The van der Waals surface area contributed by atoms with Gasteiger partial charge in [-0.3, -0.25) is 19.6 Å². The molecule has 35 heavy (non-hydrogen) atoms. The molecule has 2 aromatic carbocycles. The van der Waals surface area contributed by atoms with Crippen molar-refractivity contribution in [2.45, 2.75) is 38.5 Å². The Labute approximate surface area is 204 Å². The molecule has 1 aliphatic heterocycles. The molecule has 0 spiro atoms. The average Bonchev–Trinajstić information content (AvgIpc) is 3.34. The van der Waals surface area contributed by atoms with Gasteiger partial charge >= 0.3 is 0 Å². The van der Waals surface area contributed by atoms with Gasteiger partial charge in [-0.15, -0.1) is 0 Å². The van der Waals surface area contributed by atoms with Crippen molar-refractivity contribution < 1.29 is 14.7 Å². The Hall–Kier alpha value is -3.77. The van der Waals surface area contributed by atoms with Gasteiger partial charge in [0, 0.05) is 60.0 Å². The van der Waals surface area contributed by atoms with Crippen molar-refractivity contribution in [3.8, 4) is 11.8 Å². The molecule has 4 rings (SSSR count). The van der Waals surface area contributed by atoms with Gasteiger partial charge < -0.3 is 16.2 Å². The molecule has 2 heterocycles. The van der Waals surface area contributed by atoms with Crippen molar-refractivity contribution in [1.29, 1.82) is 0 Å². The van der Waals surface area contributed by atoms with Gasteiger partial charge in [0.1, 0.15) is 12.6 Å². The predicted molar refractivity (Wildman–Crippen MR) is 132 cm³/mol. The van der Waals surface area contributed by atoms with Crippen molar-refractivity contribution in [1.82, 2.24) is 20.4 Å². The zero-order chi connectivity index (χ0) is 24.8. The molecule has 8 heteroatoms. The van der Waals surface area contributed by atoms with E-state index in [-0.39, 0.29) is 0 Å². The third kappa shape index (κ3) is 6.22. The molecule has 0 unspecified atom stereocenters. The number of aliphatic hydroxyl groups excluding tert-OH is 1. The van der Waals surface area contributed by atoms with Gasteiger partial charge in [0.05, 0.1) is 6.20 Å². The van der Waals surface area contributed by atoms with Crippen molar-refractivity contribution in [2.24, 2.45) is 5.73 Å². The molecule has 2 atom stereocenters. The fourth-order valence-corrected chi connectivity index (χ4v) is 4.04. The summed E-state index contributed by atoms with van der Waals surface area (Å²) < 4.78 is 0. The predicted octanol–water partition coefficient (Wildman–Crippen LogP) is 1.37. The number of ketones is 1. The second kappa shape index (κ2) is 11.1. The molecule has 1 aromatic heterocycles. The van der Waals surface area contributed by atoms with Crippen LogP contribution < -0.4 is 11.1 Å². The minimum absolute atomic E-state index is 0.386. The Bertz CT molecular complexity index is 1240. The molecule has 0 saturated carbocycles. The maximum Gasteiger partial charge on any atom is 0.251 e. The minimum atomic E-state index is -0.937. The standard InChI is InChI=1S/C27H29N5O3/c1-18(28)26(25(34)17-33)30-27(35)22-10-8-20(9-11-22)3-2-19-4-6-21(7-5-19)15-32-13-12-24-23(16-32)14-29-31-24/h4-11,14,18,26,33H,12-13,15-17,28H2,1H3,(H,29,31)(H,30,35)/t18-,26+/m1/s1. The van der Waals surface area contributed by atoms with E-state index in [2.05, 4.69) is 44.4 Å². The molecule has 0 aliphatic carbocycles. The van der Waals surface area contributed by atoms with E-state index in [9.17, 15) is 9.59 Å². The average molecular weight is 472 g/mol. The number of nitrogens with two attached hydrogens (primary N) is 1. The Morgan fingerprint density at radius 2 is 1.80 bits per heavy atom. The van der Waals surface area contributed by atoms with E-state index in [1.54, 1.807) is 31.2 Å². The summed E-state index contributed by atoms with van der Waals surface area (Å²) in [6.45, 7) is 3.73. The SMILES string of the molecule is C[C@@H](N)[C@H](NC(=O)c1ccc(C#Cc2ccc(CN3CCc4[nH]ncc4C3)cc2)cc1)C(=O)CO. The van der Waals surface area contributed by atoms with E-state index in [1.807, 2.05) is 18.3 Å². The number of fused-ring (bicyclic) bond motifs is 1. The van der Waals surface area contributed by atoms with Crippen LogP contribution in [0.3, 0.4) is 0 Å². The summed E-state index contributed by atoms with van der Waals surface area (Å²) in [6, 6.07) is 13.5. The number of H-pyrrole nitrogens is 1. The van der Waals surface area contributed by atoms with Crippen LogP contribution in [0.5, 0.6) is 0 Å². The molecule has 0 saturated heterocycles. The summed E-state index contributed by atoms with van der Waals surface area (Å²) in [5.74, 6) is 5.31. The monoisotopic (exact) mass is 471 g/mol. The van der Waals surface area contributed by atoms with Gasteiger partial charge in [0.15, 0.2) is 5.78 Å². The molecule has 0 fully saturated rings. The van der Waals surface area contributed by atoms with Gasteiger partial charge in [0.2, 0.25) is 0 Å². The van der Waals surface area contributed by atoms with Crippen LogP contribution in [0.25, 0.3) is 0 Å². The Morgan fingerprint density at radius 1 is 1.14 bits per heavy atom. The molecular weight excluding hydrogens is 442 g/mol.